The summed E-state index contributed by atoms with van der Waals surface area (Å²) in [6.45, 7) is 1.89. The monoisotopic (exact) mass is 151 g/mol. The molecule has 0 aromatic rings. The van der Waals surface area contributed by atoms with Crippen LogP contribution in [0.5, 0.6) is 0 Å². The Morgan fingerprint density at radius 1 is 1.67 bits per heavy atom. The number of aldehydes is 1. The van der Waals surface area contributed by atoms with Gasteiger partial charge in [-0.05, 0) is 0 Å². The van der Waals surface area contributed by atoms with Gasteiger partial charge in [0.15, 0.2) is 0 Å². The second-order valence-corrected chi connectivity index (χ2v) is 2.19. The molecule has 0 N–H and O–H groups in total. The minimum atomic E-state index is 0. The van der Waals surface area contributed by atoms with E-state index in [9.17, 15) is 4.79 Å². The zero-order valence-corrected chi connectivity index (χ0v) is 8.96. The Balaban J connectivity index is 0.000000640. The second kappa shape index (κ2) is 6.01. The van der Waals surface area contributed by atoms with Gasteiger partial charge < -0.3 is 10.1 Å². The Morgan fingerprint density at radius 2 is 2.44 bits per heavy atom. The molecule has 3 heteroatoms. The number of carbonyl (C=O) groups is 1. The topological polar surface area (TPSA) is 31.2 Å². The van der Waals surface area contributed by atoms with Gasteiger partial charge in [0, 0.05) is 6.42 Å². The van der Waals surface area contributed by atoms with Gasteiger partial charge in [0.2, 0.25) is 0 Å². The molecule has 0 aliphatic carbocycles. The van der Waals surface area contributed by atoms with E-state index in [0.717, 1.165) is 25.8 Å². The predicted molar refractivity (Wildman–Crippen MR) is 31.9 cm³/mol. The van der Waals surface area contributed by atoms with Crippen LogP contribution < -0.4 is 51.4 Å². The minimum absolute atomic E-state index is 0. The first kappa shape index (κ1) is 10.3. The van der Waals surface area contributed by atoms with E-state index in [0.29, 0.717) is 12.3 Å². The third kappa shape index (κ3) is 3.85. The molecule has 0 aromatic heterocycles. The van der Waals surface area contributed by atoms with Crippen LogP contribution in [0.2, 0.25) is 0 Å². The summed E-state index contributed by atoms with van der Waals surface area (Å²) in [4.78, 5) is 9.92. The van der Waals surface area contributed by atoms with Crippen molar-refractivity contribution in [1.29, 1.82) is 0 Å². The molecule has 0 spiro atoms. The first-order valence-corrected chi connectivity index (χ1v) is 3.00. The smallest absolute Gasteiger partial charge is 0.662 e. The Labute approximate surface area is 98.2 Å². The van der Waals surface area contributed by atoms with E-state index < -0.39 is 0 Å². The summed E-state index contributed by atoms with van der Waals surface area (Å²) < 4.78 is 0. The Hall–Kier alpha value is 1.27. The first-order valence-electron chi connectivity index (χ1n) is 3.00. The standard InChI is InChI=1S/C6H10NO.K/c8-4-2-6-1-3-7-5-6;/h4,6H,1-3,5H2;/q-1;+1. The molecule has 1 heterocycles. The molecule has 1 rings (SSSR count). The molecule has 1 atom stereocenters. The largest absolute Gasteiger partial charge is 1.00 e. The zero-order chi connectivity index (χ0) is 5.82. The number of hydrogen-bond acceptors (Lipinski definition) is 1. The average Bonchev–Trinajstić information content (AvgIpc) is 2.19. The molecule has 0 bridgehead atoms. The van der Waals surface area contributed by atoms with Crippen molar-refractivity contribution in [2.45, 2.75) is 12.8 Å². The average molecular weight is 151 g/mol. The van der Waals surface area contributed by atoms with Gasteiger partial charge in [-0.25, -0.2) is 0 Å². The zero-order valence-electron chi connectivity index (χ0n) is 5.84. The summed E-state index contributed by atoms with van der Waals surface area (Å²) >= 11 is 0. The van der Waals surface area contributed by atoms with Crippen LogP contribution in [0.25, 0.3) is 5.32 Å². The fourth-order valence-corrected chi connectivity index (χ4v) is 0.967. The molecule has 46 valence electrons. The van der Waals surface area contributed by atoms with E-state index in [-0.39, 0.29) is 51.4 Å². The van der Waals surface area contributed by atoms with Gasteiger partial charge >= 0.3 is 51.4 Å². The molecule has 0 radical (unpaired) electrons. The summed E-state index contributed by atoms with van der Waals surface area (Å²) in [6.07, 6.45) is 2.83. The molecular formula is C6H10KNO. The fraction of sp³-hybridized carbons (Fsp3) is 0.833. The van der Waals surface area contributed by atoms with Crippen molar-refractivity contribution in [3.8, 4) is 0 Å². The number of rotatable bonds is 2. The van der Waals surface area contributed by atoms with Crippen molar-refractivity contribution in [2.24, 2.45) is 5.92 Å². The molecule has 1 aliphatic rings. The van der Waals surface area contributed by atoms with Crippen LogP contribution in [0, 0.1) is 5.92 Å². The van der Waals surface area contributed by atoms with E-state index in [1.165, 1.54) is 0 Å². The molecule has 1 fully saturated rings. The van der Waals surface area contributed by atoms with E-state index in [1.807, 2.05) is 0 Å². The Kier molecular flexibility index (Phi) is 6.85. The van der Waals surface area contributed by atoms with Crippen LogP contribution >= 0.6 is 0 Å². The minimum Gasteiger partial charge on any atom is -0.662 e. The maximum Gasteiger partial charge on any atom is 1.00 e. The van der Waals surface area contributed by atoms with Gasteiger partial charge in [0.25, 0.3) is 0 Å². The van der Waals surface area contributed by atoms with Crippen molar-refractivity contribution < 1.29 is 56.2 Å². The molecular weight excluding hydrogens is 141 g/mol. The summed E-state index contributed by atoms with van der Waals surface area (Å²) in [6, 6.07) is 0. The predicted octanol–water partition coefficient (Wildman–Crippen LogP) is -2.03. The summed E-state index contributed by atoms with van der Waals surface area (Å²) in [5.74, 6) is 0.576. The van der Waals surface area contributed by atoms with Crippen LogP contribution in [0.3, 0.4) is 0 Å². The molecule has 2 nitrogen and oxygen atoms in total. The summed E-state index contributed by atoms with van der Waals surface area (Å²) in [7, 11) is 0. The van der Waals surface area contributed by atoms with E-state index in [2.05, 4.69) is 5.32 Å². The van der Waals surface area contributed by atoms with Crippen molar-refractivity contribution in [3.63, 3.8) is 0 Å². The molecule has 9 heavy (non-hydrogen) atoms. The maximum absolute atomic E-state index is 9.92. The van der Waals surface area contributed by atoms with Crippen molar-refractivity contribution >= 4 is 6.29 Å². The van der Waals surface area contributed by atoms with Gasteiger partial charge in [-0.15, -0.1) is 13.1 Å². The molecule has 1 saturated heterocycles. The fourth-order valence-electron chi connectivity index (χ4n) is 0.967. The SMILES string of the molecule is O=CCC1CC[N-]C1.[K+]. The van der Waals surface area contributed by atoms with Crippen LogP contribution in [0.1, 0.15) is 12.8 Å². The third-order valence-corrected chi connectivity index (χ3v) is 1.51. The summed E-state index contributed by atoms with van der Waals surface area (Å²) in [5, 5.41) is 4.12. The maximum atomic E-state index is 9.92. The number of carbonyl (C=O) groups excluding carboxylic acids is 1. The van der Waals surface area contributed by atoms with Crippen LogP contribution in [-0.2, 0) is 4.79 Å². The molecule has 0 saturated carbocycles. The van der Waals surface area contributed by atoms with E-state index >= 15 is 0 Å². The number of nitrogens with zero attached hydrogens (tertiary/aromatic N) is 1. The van der Waals surface area contributed by atoms with Crippen molar-refractivity contribution in [1.82, 2.24) is 0 Å². The molecule has 0 amide bonds. The van der Waals surface area contributed by atoms with Gasteiger partial charge in [-0.1, -0.05) is 12.3 Å². The van der Waals surface area contributed by atoms with Crippen molar-refractivity contribution in [2.75, 3.05) is 13.1 Å². The van der Waals surface area contributed by atoms with Crippen LogP contribution in [0.4, 0.5) is 0 Å². The van der Waals surface area contributed by atoms with E-state index in [4.69, 9.17) is 0 Å². The molecule has 0 aromatic carbocycles. The van der Waals surface area contributed by atoms with Gasteiger partial charge in [-0.3, -0.25) is 0 Å². The van der Waals surface area contributed by atoms with Gasteiger partial charge in [0.05, 0.1) is 0 Å². The van der Waals surface area contributed by atoms with Crippen LogP contribution in [-0.4, -0.2) is 19.4 Å². The second-order valence-electron chi connectivity index (χ2n) is 2.19. The Morgan fingerprint density at radius 3 is 2.89 bits per heavy atom. The summed E-state index contributed by atoms with van der Waals surface area (Å²) in [5.41, 5.74) is 0. The first-order chi connectivity index (χ1) is 3.93. The molecule has 1 unspecified atom stereocenters. The Bertz CT molecular complexity index is 81.1. The van der Waals surface area contributed by atoms with Crippen molar-refractivity contribution in [3.05, 3.63) is 5.32 Å². The normalized spacial score (nSPS) is 25.1. The van der Waals surface area contributed by atoms with Gasteiger partial charge in [-0.2, -0.15) is 0 Å². The quantitative estimate of drug-likeness (QED) is 0.331. The number of hydrogen-bond donors (Lipinski definition) is 0. The van der Waals surface area contributed by atoms with Gasteiger partial charge in [0.1, 0.15) is 6.29 Å². The molecule has 1 aliphatic heterocycles. The van der Waals surface area contributed by atoms with E-state index in [1.54, 1.807) is 0 Å². The third-order valence-electron chi connectivity index (χ3n) is 1.51. The van der Waals surface area contributed by atoms with Crippen LogP contribution in [0.15, 0.2) is 0 Å².